The van der Waals surface area contributed by atoms with Gasteiger partial charge < -0.3 is 5.32 Å². The number of anilines is 1. The Morgan fingerprint density at radius 3 is 3.05 bits per heavy atom. The van der Waals surface area contributed by atoms with E-state index >= 15 is 0 Å². The van der Waals surface area contributed by atoms with Crippen LogP contribution in [-0.2, 0) is 6.54 Å². The molecule has 96 valence electrons. The van der Waals surface area contributed by atoms with Crippen LogP contribution in [0.3, 0.4) is 0 Å². The van der Waals surface area contributed by atoms with Crippen LogP contribution in [0.1, 0.15) is 5.56 Å². The van der Waals surface area contributed by atoms with Gasteiger partial charge in [0.25, 0.3) is 0 Å². The van der Waals surface area contributed by atoms with E-state index in [4.69, 9.17) is 11.6 Å². The number of nitrogens with one attached hydrogen (secondary N) is 2. The van der Waals surface area contributed by atoms with E-state index in [-0.39, 0.29) is 11.1 Å². The third-order valence-electron chi connectivity index (χ3n) is 2.63. The molecule has 0 unspecified atom stereocenters. The predicted octanol–water partition coefficient (Wildman–Crippen LogP) is 2.76. The summed E-state index contributed by atoms with van der Waals surface area (Å²) in [5.41, 5.74) is 1.37. The van der Waals surface area contributed by atoms with E-state index in [2.05, 4.69) is 25.5 Å². The molecule has 7 heteroatoms. The molecule has 0 aliphatic carbocycles. The molecular weight excluding hydrogens is 269 g/mol. The summed E-state index contributed by atoms with van der Waals surface area (Å²) >= 11 is 5.82. The molecule has 3 rings (SSSR count). The second-order valence-electron chi connectivity index (χ2n) is 3.96. The van der Waals surface area contributed by atoms with Crippen LogP contribution in [0.15, 0.2) is 30.5 Å². The third-order valence-corrected chi connectivity index (χ3v) is 2.80. The lowest BCUT2D eigenvalue weighted by Crippen LogP contribution is -2.03. The zero-order chi connectivity index (χ0) is 13.2. The number of hydrogen-bond acceptors (Lipinski definition) is 4. The Hall–Kier alpha value is -2.21. The number of benzene rings is 1. The van der Waals surface area contributed by atoms with Crippen molar-refractivity contribution in [1.82, 2.24) is 20.2 Å². The second-order valence-corrected chi connectivity index (χ2v) is 4.30. The molecule has 0 spiro atoms. The van der Waals surface area contributed by atoms with Gasteiger partial charge in [-0.05, 0) is 29.3 Å². The molecule has 2 heterocycles. The summed E-state index contributed by atoms with van der Waals surface area (Å²) in [6, 6.07) is 6.35. The van der Waals surface area contributed by atoms with E-state index in [1.54, 1.807) is 12.3 Å². The zero-order valence-electron chi connectivity index (χ0n) is 9.69. The van der Waals surface area contributed by atoms with E-state index in [1.807, 2.05) is 6.07 Å². The summed E-state index contributed by atoms with van der Waals surface area (Å²) in [4.78, 5) is 8.10. The number of rotatable bonds is 3. The minimum absolute atomic E-state index is 0.124. The lowest BCUT2D eigenvalue weighted by atomic mass is 10.2. The van der Waals surface area contributed by atoms with Crippen molar-refractivity contribution in [2.45, 2.75) is 6.54 Å². The standard InChI is InChI=1S/C12H9ClFN5/c13-12-17-10(9-6-16-19-11(9)18-12)15-5-7-2-1-3-8(14)4-7/h1-4,6H,5H2,(H2,15,16,17,18,19). The Labute approximate surface area is 112 Å². The fourth-order valence-electron chi connectivity index (χ4n) is 1.78. The summed E-state index contributed by atoms with van der Waals surface area (Å²) in [6.07, 6.45) is 1.61. The van der Waals surface area contributed by atoms with Crippen molar-refractivity contribution < 1.29 is 4.39 Å². The van der Waals surface area contributed by atoms with Crippen molar-refractivity contribution in [3.8, 4) is 0 Å². The van der Waals surface area contributed by atoms with E-state index in [9.17, 15) is 4.39 Å². The lowest BCUT2D eigenvalue weighted by molar-refractivity contribution is 0.626. The molecule has 0 aliphatic heterocycles. The normalized spacial score (nSPS) is 10.8. The molecule has 2 aromatic heterocycles. The van der Waals surface area contributed by atoms with Crippen LogP contribution < -0.4 is 5.32 Å². The molecule has 3 aromatic rings. The summed E-state index contributed by atoms with van der Waals surface area (Å²) in [5, 5.41) is 10.6. The van der Waals surface area contributed by atoms with E-state index in [0.717, 1.165) is 10.9 Å². The largest absolute Gasteiger partial charge is 0.365 e. The number of aromatic amines is 1. The lowest BCUT2D eigenvalue weighted by Gasteiger charge is -2.06. The van der Waals surface area contributed by atoms with Crippen LogP contribution in [0.4, 0.5) is 10.2 Å². The first-order chi connectivity index (χ1) is 9.22. The first-order valence-electron chi connectivity index (χ1n) is 5.57. The highest BCUT2D eigenvalue weighted by atomic mass is 35.5. The zero-order valence-corrected chi connectivity index (χ0v) is 10.4. The Morgan fingerprint density at radius 1 is 1.32 bits per heavy atom. The Balaban J connectivity index is 1.87. The smallest absolute Gasteiger partial charge is 0.226 e. The molecule has 2 N–H and O–H groups in total. The van der Waals surface area contributed by atoms with Gasteiger partial charge in [0.15, 0.2) is 5.65 Å². The summed E-state index contributed by atoms with van der Waals surface area (Å²) in [6.45, 7) is 0.436. The monoisotopic (exact) mass is 277 g/mol. The molecule has 0 saturated carbocycles. The number of hydrogen-bond donors (Lipinski definition) is 2. The van der Waals surface area contributed by atoms with Gasteiger partial charge in [-0.1, -0.05) is 12.1 Å². The van der Waals surface area contributed by atoms with Gasteiger partial charge in [-0.2, -0.15) is 15.1 Å². The van der Waals surface area contributed by atoms with Gasteiger partial charge in [0.2, 0.25) is 5.28 Å². The van der Waals surface area contributed by atoms with Gasteiger partial charge in [-0.25, -0.2) is 4.39 Å². The molecule has 0 bridgehead atoms. The van der Waals surface area contributed by atoms with Crippen molar-refractivity contribution in [3.05, 3.63) is 47.1 Å². The molecule has 19 heavy (non-hydrogen) atoms. The highest BCUT2D eigenvalue weighted by Crippen LogP contribution is 2.20. The van der Waals surface area contributed by atoms with Crippen molar-refractivity contribution in [2.75, 3.05) is 5.32 Å². The van der Waals surface area contributed by atoms with Crippen LogP contribution in [-0.4, -0.2) is 20.2 Å². The molecular formula is C12H9ClFN5. The van der Waals surface area contributed by atoms with Crippen molar-refractivity contribution >= 4 is 28.5 Å². The van der Waals surface area contributed by atoms with Gasteiger partial charge in [0.05, 0.1) is 11.6 Å². The molecule has 1 aromatic carbocycles. The Bertz CT molecular complexity index is 727. The average molecular weight is 278 g/mol. The first-order valence-corrected chi connectivity index (χ1v) is 5.95. The molecule has 5 nitrogen and oxygen atoms in total. The average Bonchev–Trinajstić information content (AvgIpc) is 2.84. The van der Waals surface area contributed by atoms with Crippen LogP contribution >= 0.6 is 11.6 Å². The van der Waals surface area contributed by atoms with Gasteiger partial charge >= 0.3 is 0 Å². The highest BCUT2D eigenvalue weighted by molar-refractivity contribution is 6.28. The van der Waals surface area contributed by atoms with E-state index < -0.39 is 0 Å². The predicted molar refractivity (Wildman–Crippen MR) is 70.4 cm³/mol. The molecule has 0 fully saturated rings. The van der Waals surface area contributed by atoms with Gasteiger partial charge in [-0.15, -0.1) is 0 Å². The molecule has 0 aliphatic rings. The molecule has 0 atom stereocenters. The first kappa shape index (κ1) is 11.9. The molecule has 0 amide bonds. The minimum Gasteiger partial charge on any atom is -0.365 e. The minimum atomic E-state index is -0.270. The molecule has 0 radical (unpaired) electrons. The summed E-state index contributed by atoms with van der Waals surface area (Å²) < 4.78 is 13.1. The second kappa shape index (κ2) is 4.81. The topological polar surface area (TPSA) is 66.5 Å². The van der Waals surface area contributed by atoms with E-state index in [1.165, 1.54) is 12.1 Å². The van der Waals surface area contributed by atoms with Crippen LogP contribution in [0.25, 0.3) is 11.0 Å². The Morgan fingerprint density at radius 2 is 2.21 bits per heavy atom. The maximum absolute atomic E-state index is 13.1. The molecule has 0 saturated heterocycles. The number of halogens is 2. The fourth-order valence-corrected chi connectivity index (χ4v) is 1.94. The van der Waals surface area contributed by atoms with Crippen LogP contribution in [0, 0.1) is 5.82 Å². The van der Waals surface area contributed by atoms with Gasteiger partial charge in [0.1, 0.15) is 11.6 Å². The van der Waals surface area contributed by atoms with Gasteiger partial charge in [-0.3, -0.25) is 5.10 Å². The van der Waals surface area contributed by atoms with Crippen LogP contribution in [0.2, 0.25) is 5.28 Å². The van der Waals surface area contributed by atoms with E-state index in [0.29, 0.717) is 18.0 Å². The fraction of sp³-hybridized carbons (Fsp3) is 0.0833. The quantitative estimate of drug-likeness (QED) is 0.723. The van der Waals surface area contributed by atoms with Crippen molar-refractivity contribution in [2.24, 2.45) is 0 Å². The van der Waals surface area contributed by atoms with Crippen LogP contribution in [0.5, 0.6) is 0 Å². The Kier molecular flexibility index (Phi) is 3.00. The summed E-state index contributed by atoms with van der Waals surface area (Å²) in [7, 11) is 0. The maximum atomic E-state index is 13.1. The number of nitrogens with zero attached hydrogens (tertiary/aromatic N) is 3. The maximum Gasteiger partial charge on any atom is 0.226 e. The van der Waals surface area contributed by atoms with Crippen molar-refractivity contribution in [1.29, 1.82) is 0 Å². The number of fused-ring (bicyclic) bond motifs is 1. The van der Waals surface area contributed by atoms with Gasteiger partial charge in [0, 0.05) is 6.54 Å². The van der Waals surface area contributed by atoms with Crippen molar-refractivity contribution in [3.63, 3.8) is 0 Å². The third kappa shape index (κ3) is 2.48. The summed E-state index contributed by atoms with van der Waals surface area (Å²) in [5.74, 6) is 0.293. The number of H-pyrrole nitrogens is 1. The SMILES string of the molecule is Fc1cccc(CNc2nc(Cl)nc3[nH]ncc23)c1. The number of aromatic nitrogens is 4. The highest BCUT2D eigenvalue weighted by Gasteiger charge is 2.08.